The fourth-order valence-corrected chi connectivity index (χ4v) is 1.38. The van der Waals surface area contributed by atoms with Gasteiger partial charge in [0.1, 0.15) is 0 Å². The predicted molar refractivity (Wildman–Crippen MR) is 51.6 cm³/mol. The molecule has 2 heterocycles. The lowest BCUT2D eigenvalue weighted by Crippen LogP contribution is -2.40. The van der Waals surface area contributed by atoms with Gasteiger partial charge < -0.3 is 25.0 Å². The van der Waals surface area contributed by atoms with E-state index in [4.69, 9.17) is 15.2 Å². The van der Waals surface area contributed by atoms with E-state index in [1.165, 1.54) is 0 Å². The summed E-state index contributed by atoms with van der Waals surface area (Å²) in [6, 6.07) is 0. The molecular formula is C9H16N3O2-. The quantitative estimate of drug-likeness (QED) is 0.748. The third-order valence-corrected chi connectivity index (χ3v) is 2.18. The van der Waals surface area contributed by atoms with Gasteiger partial charge in [0.15, 0.2) is 6.29 Å². The lowest BCUT2D eigenvalue weighted by molar-refractivity contribution is -0.227. The lowest BCUT2D eigenvalue weighted by Gasteiger charge is -2.35. The maximum absolute atomic E-state index is 5.54. The van der Waals surface area contributed by atoms with Crippen molar-refractivity contribution in [2.75, 3.05) is 18.9 Å². The van der Waals surface area contributed by atoms with Crippen LogP contribution in [-0.4, -0.2) is 24.2 Å². The molecule has 0 radical (unpaired) electrons. The van der Waals surface area contributed by atoms with Crippen LogP contribution >= 0.6 is 0 Å². The zero-order valence-electron chi connectivity index (χ0n) is 8.56. The molecule has 14 heavy (non-hydrogen) atoms. The summed E-state index contributed by atoms with van der Waals surface area (Å²) >= 11 is 0. The molecule has 1 aromatic heterocycles. The van der Waals surface area contributed by atoms with E-state index in [2.05, 4.69) is 18.9 Å². The molecule has 1 aliphatic heterocycles. The van der Waals surface area contributed by atoms with Gasteiger partial charge in [0.2, 0.25) is 0 Å². The van der Waals surface area contributed by atoms with Crippen LogP contribution in [0.5, 0.6) is 0 Å². The fraction of sp³-hybridized carbons (Fsp3) is 0.778. The van der Waals surface area contributed by atoms with Crippen molar-refractivity contribution < 1.29 is 9.47 Å². The SMILES string of the molecule is CC1(C)COC(Cn2cc(N)[n-]2)OC1. The third-order valence-electron chi connectivity index (χ3n) is 2.18. The number of anilines is 1. The second-order valence-corrected chi connectivity index (χ2v) is 4.49. The van der Waals surface area contributed by atoms with Gasteiger partial charge in [-0.25, -0.2) is 0 Å². The van der Waals surface area contributed by atoms with Crippen LogP contribution in [0.2, 0.25) is 0 Å². The molecule has 0 bridgehead atoms. The van der Waals surface area contributed by atoms with Crippen molar-refractivity contribution in [2.45, 2.75) is 26.7 Å². The molecule has 0 unspecified atom stereocenters. The van der Waals surface area contributed by atoms with Gasteiger partial charge in [-0.2, -0.15) is 0 Å². The first-order valence-electron chi connectivity index (χ1n) is 4.74. The maximum Gasteiger partial charge on any atom is 0.175 e. The average molecular weight is 198 g/mol. The number of nitrogens with zero attached hydrogens (tertiary/aromatic N) is 2. The van der Waals surface area contributed by atoms with Crippen molar-refractivity contribution in [1.82, 2.24) is 9.78 Å². The van der Waals surface area contributed by atoms with E-state index in [9.17, 15) is 0 Å². The van der Waals surface area contributed by atoms with Gasteiger partial charge in [-0.15, -0.1) is 0 Å². The minimum absolute atomic E-state index is 0.122. The molecule has 1 saturated heterocycles. The Hall–Kier alpha value is -0.940. The number of hydrogen-bond acceptors (Lipinski definition) is 3. The first-order chi connectivity index (χ1) is 6.55. The molecule has 1 aliphatic rings. The molecule has 5 nitrogen and oxygen atoms in total. The van der Waals surface area contributed by atoms with Crippen molar-refractivity contribution in [3.8, 4) is 0 Å². The van der Waals surface area contributed by atoms with Crippen LogP contribution < -0.4 is 10.8 Å². The Morgan fingerprint density at radius 2 is 2.14 bits per heavy atom. The summed E-state index contributed by atoms with van der Waals surface area (Å²) in [5.41, 5.74) is 5.51. The minimum atomic E-state index is -0.184. The standard InChI is InChI=1S/C9H16N3O2/c1-9(2)5-13-8(14-6-9)4-12-3-7(10)11-12/h3,8H,4-6,10H2,1-2H3/q-1. The van der Waals surface area contributed by atoms with Gasteiger partial charge in [-0.3, -0.25) is 0 Å². The minimum Gasteiger partial charge on any atom is -0.492 e. The highest BCUT2D eigenvalue weighted by molar-refractivity contribution is 5.22. The van der Waals surface area contributed by atoms with Crippen LogP contribution in [0.4, 0.5) is 5.82 Å². The van der Waals surface area contributed by atoms with Gasteiger partial charge in [0, 0.05) is 11.6 Å². The molecule has 2 rings (SSSR count). The van der Waals surface area contributed by atoms with Crippen LogP contribution in [-0.2, 0) is 16.0 Å². The molecule has 1 fully saturated rings. The summed E-state index contributed by atoms with van der Waals surface area (Å²) in [5, 5.41) is 3.96. The summed E-state index contributed by atoms with van der Waals surface area (Å²) < 4.78 is 12.8. The molecule has 2 N–H and O–H groups in total. The Labute approximate surface area is 83.1 Å². The Balaban J connectivity index is 1.80. The molecule has 0 aliphatic carbocycles. The van der Waals surface area contributed by atoms with Crippen molar-refractivity contribution in [3.63, 3.8) is 0 Å². The smallest absolute Gasteiger partial charge is 0.175 e. The number of nitrogens with two attached hydrogens (primary N) is 1. The molecule has 0 saturated carbocycles. The van der Waals surface area contributed by atoms with Crippen LogP contribution in [0.25, 0.3) is 0 Å². The highest BCUT2D eigenvalue weighted by Crippen LogP contribution is 2.23. The largest absolute Gasteiger partial charge is 0.492 e. The van der Waals surface area contributed by atoms with E-state index in [-0.39, 0.29) is 11.7 Å². The summed E-state index contributed by atoms with van der Waals surface area (Å²) in [6.07, 6.45) is 1.59. The van der Waals surface area contributed by atoms with Gasteiger partial charge in [0.25, 0.3) is 0 Å². The van der Waals surface area contributed by atoms with Crippen molar-refractivity contribution in [3.05, 3.63) is 6.20 Å². The van der Waals surface area contributed by atoms with Crippen LogP contribution in [0, 0.1) is 5.41 Å². The highest BCUT2D eigenvalue weighted by Gasteiger charge is 2.28. The Kier molecular flexibility index (Phi) is 2.28. The monoisotopic (exact) mass is 198 g/mol. The van der Waals surface area contributed by atoms with Crippen molar-refractivity contribution >= 4 is 5.82 Å². The predicted octanol–water partition coefficient (Wildman–Crippen LogP) is 0.427. The number of rotatable bonds is 2. The summed E-state index contributed by atoms with van der Waals surface area (Å²) in [5.74, 6) is 0.557. The summed E-state index contributed by atoms with van der Waals surface area (Å²) in [6.45, 7) is 6.32. The van der Waals surface area contributed by atoms with Gasteiger partial charge >= 0.3 is 0 Å². The Morgan fingerprint density at radius 1 is 1.57 bits per heavy atom. The van der Waals surface area contributed by atoms with Gasteiger partial charge in [-0.05, 0) is 5.82 Å². The second kappa shape index (κ2) is 3.33. The van der Waals surface area contributed by atoms with Gasteiger partial charge in [0.05, 0.1) is 19.8 Å². The lowest BCUT2D eigenvalue weighted by atomic mass is 9.96. The molecule has 0 amide bonds. The van der Waals surface area contributed by atoms with E-state index >= 15 is 0 Å². The average Bonchev–Trinajstić information content (AvgIpc) is 2.06. The van der Waals surface area contributed by atoms with E-state index in [1.807, 2.05) is 0 Å². The fourth-order valence-electron chi connectivity index (χ4n) is 1.38. The van der Waals surface area contributed by atoms with E-state index in [0.717, 1.165) is 13.2 Å². The normalized spacial score (nSPS) is 22.7. The highest BCUT2D eigenvalue weighted by atomic mass is 16.7. The molecule has 0 spiro atoms. The van der Waals surface area contributed by atoms with Crippen LogP contribution in [0.15, 0.2) is 6.20 Å². The molecular weight excluding hydrogens is 182 g/mol. The van der Waals surface area contributed by atoms with Crippen molar-refractivity contribution in [1.29, 1.82) is 0 Å². The van der Waals surface area contributed by atoms with Crippen molar-refractivity contribution in [2.24, 2.45) is 5.41 Å². The Bertz CT molecular complexity index is 281. The Morgan fingerprint density at radius 3 is 2.64 bits per heavy atom. The van der Waals surface area contributed by atoms with Gasteiger partial charge in [-0.1, -0.05) is 13.8 Å². The number of aromatic nitrogens is 2. The third kappa shape index (κ3) is 2.10. The van der Waals surface area contributed by atoms with E-state index < -0.39 is 0 Å². The number of ether oxygens (including phenoxy) is 2. The molecule has 0 aromatic carbocycles. The zero-order valence-corrected chi connectivity index (χ0v) is 8.56. The van der Waals surface area contributed by atoms with E-state index in [0.29, 0.717) is 12.4 Å². The molecule has 1 aromatic rings. The topological polar surface area (TPSA) is 63.5 Å². The van der Waals surface area contributed by atoms with Crippen LogP contribution in [0.1, 0.15) is 13.8 Å². The first-order valence-corrected chi connectivity index (χ1v) is 4.74. The number of nitrogen functional groups attached to an aromatic ring is 1. The second-order valence-electron chi connectivity index (χ2n) is 4.49. The maximum atomic E-state index is 5.54. The molecule has 0 atom stereocenters. The number of hydrogen-bond donors (Lipinski definition) is 1. The summed E-state index contributed by atoms with van der Waals surface area (Å²) in [4.78, 5) is 0. The summed E-state index contributed by atoms with van der Waals surface area (Å²) in [7, 11) is 0. The first kappa shape index (κ1) is 9.61. The molecule has 80 valence electrons. The van der Waals surface area contributed by atoms with E-state index in [1.54, 1.807) is 10.9 Å². The van der Waals surface area contributed by atoms with Crippen LogP contribution in [0.3, 0.4) is 0 Å². The molecule has 5 heteroatoms. The zero-order chi connectivity index (χ0) is 10.2.